The summed E-state index contributed by atoms with van der Waals surface area (Å²) in [6.45, 7) is 5.09. The van der Waals surface area contributed by atoms with Gasteiger partial charge in [0.05, 0.1) is 11.6 Å². The number of fused-ring (bicyclic) bond motifs is 1. The topological polar surface area (TPSA) is 113 Å². The molecule has 1 amide bonds. The number of carbonyl (C=O) groups excluding carboxylic acids is 1. The number of H-pyrrole nitrogens is 1. The fraction of sp³-hybridized carbons (Fsp3) is 0.562. The molecule has 1 N–H and O–H groups in total. The van der Waals surface area contributed by atoms with E-state index in [9.17, 15) is 9.59 Å². The first-order chi connectivity index (χ1) is 12.5. The van der Waals surface area contributed by atoms with Crippen LogP contribution in [0.4, 0.5) is 5.95 Å². The van der Waals surface area contributed by atoms with Gasteiger partial charge in [-0.25, -0.2) is 14.6 Å². The molecule has 26 heavy (non-hydrogen) atoms. The maximum Gasteiger partial charge on any atom is 0.434 e. The fourth-order valence-corrected chi connectivity index (χ4v) is 3.76. The second-order valence-electron chi connectivity index (χ2n) is 6.76. The molecule has 1 saturated heterocycles. The van der Waals surface area contributed by atoms with E-state index in [1.165, 1.54) is 6.33 Å². The maximum absolute atomic E-state index is 13.2. The third kappa shape index (κ3) is 2.52. The van der Waals surface area contributed by atoms with Crippen molar-refractivity contribution in [2.24, 2.45) is 0 Å². The van der Waals surface area contributed by atoms with E-state index in [4.69, 9.17) is 4.42 Å². The summed E-state index contributed by atoms with van der Waals surface area (Å²) in [5, 5.41) is 10.5. The van der Waals surface area contributed by atoms with Crippen LogP contribution in [0, 0.1) is 0 Å². The van der Waals surface area contributed by atoms with Gasteiger partial charge in [-0.1, -0.05) is 0 Å². The molecule has 0 aromatic carbocycles. The SMILES string of the molecule is CC1=C(C(=O)N2CCC(c3n[nH]c(=O)o3)CC2)C(C)n2ncnc2N1C. The van der Waals surface area contributed by atoms with Crippen LogP contribution in [0.1, 0.15) is 44.5 Å². The van der Waals surface area contributed by atoms with Crippen molar-refractivity contribution in [3.8, 4) is 0 Å². The Bertz CT molecular complexity index is 916. The van der Waals surface area contributed by atoms with Crippen LogP contribution in [0.15, 0.2) is 26.8 Å². The summed E-state index contributed by atoms with van der Waals surface area (Å²) < 4.78 is 6.82. The third-order valence-electron chi connectivity index (χ3n) is 5.35. The van der Waals surface area contributed by atoms with E-state index in [1.807, 2.05) is 30.7 Å². The van der Waals surface area contributed by atoms with Gasteiger partial charge < -0.3 is 14.2 Å². The largest absolute Gasteiger partial charge is 0.434 e. The van der Waals surface area contributed by atoms with Gasteiger partial charge in [0.25, 0.3) is 5.91 Å². The van der Waals surface area contributed by atoms with E-state index in [2.05, 4.69) is 20.3 Å². The van der Waals surface area contributed by atoms with Crippen molar-refractivity contribution in [3.05, 3.63) is 34.0 Å². The Labute approximate surface area is 149 Å². The highest BCUT2D eigenvalue weighted by Gasteiger charge is 2.35. The first-order valence-electron chi connectivity index (χ1n) is 8.66. The first-order valence-corrected chi connectivity index (χ1v) is 8.66. The number of likely N-dealkylation sites (tertiary alicyclic amines) is 1. The molecule has 10 heteroatoms. The number of amides is 1. The van der Waals surface area contributed by atoms with E-state index in [0.29, 0.717) is 31.8 Å². The van der Waals surface area contributed by atoms with Crippen molar-refractivity contribution in [3.63, 3.8) is 0 Å². The highest BCUT2D eigenvalue weighted by Crippen LogP contribution is 2.34. The number of aromatic amines is 1. The Morgan fingerprint density at radius 1 is 1.35 bits per heavy atom. The molecule has 4 heterocycles. The normalized spacial score (nSPS) is 21.3. The molecule has 0 radical (unpaired) electrons. The van der Waals surface area contributed by atoms with Gasteiger partial charge in [0.1, 0.15) is 6.33 Å². The van der Waals surface area contributed by atoms with Crippen LogP contribution < -0.4 is 10.7 Å². The van der Waals surface area contributed by atoms with Crippen molar-refractivity contribution in [2.45, 2.75) is 38.6 Å². The summed E-state index contributed by atoms with van der Waals surface area (Å²) in [5.74, 6) is 0.697. The van der Waals surface area contributed by atoms with E-state index >= 15 is 0 Å². The smallest absolute Gasteiger partial charge is 0.392 e. The number of anilines is 1. The quantitative estimate of drug-likeness (QED) is 0.837. The number of hydrogen-bond acceptors (Lipinski definition) is 7. The number of hydrogen-bond donors (Lipinski definition) is 1. The van der Waals surface area contributed by atoms with Gasteiger partial charge in [0.15, 0.2) is 0 Å². The van der Waals surface area contributed by atoms with E-state index < -0.39 is 5.76 Å². The van der Waals surface area contributed by atoms with Crippen LogP contribution in [0.2, 0.25) is 0 Å². The second kappa shape index (κ2) is 6.11. The fourth-order valence-electron chi connectivity index (χ4n) is 3.76. The molecule has 0 bridgehead atoms. The van der Waals surface area contributed by atoms with Crippen molar-refractivity contribution in [1.82, 2.24) is 29.9 Å². The van der Waals surface area contributed by atoms with Crippen LogP contribution in [-0.2, 0) is 4.79 Å². The molecule has 2 aromatic rings. The van der Waals surface area contributed by atoms with E-state index in [-0.39, 0.29) is 17.9 Å². The lowest BCUT2D eigenvalue weighted by Gasteiger charge is -2.36. The summed E-state index contributed by atoms with van der Waals surface area (Å²) >= 11 is 0. The van der Waals surface area contributed by atoms with E-state index in [0.717, 1.165) is 17.2 Å². The molecule has 2 aliphatic heterocycles. The first kappa shape index (κ1) is 16.6. The molecular formula is C16H21N7O3. The third-order valence-corrected chi connectivity index (χ3v) is 5.35. The molecule has 2 aromatic heterocycles. The van der Waals surface area contributed by atoms with Crippen molar-refractivity contribution in [2.75, 3.05) is 25.0 Å². The molecule has 1 atom stereocenters. The molecule has 0 spiro atoms. The second-order valence-corrected chi connectivity index (χ2v) is 6.76. The minimum Gasteiger partial charge on any atom is -0.392 e. The van der Waals surface area contributed by atoms with E-state index in [1.54, 1.807) is 4.68 Å². The molecule has 2 aliphatic rings. The van der Waals surface area contributed by atoms with Gasteiger partial charge in [-0.05, 0) is 26.7 Å². The lowest BCUT2D eigenvalue weighted by Crippen LogP contribution is -2.43. The van der Waals surface area contributed by atoms with Crippen molar-refractivity contribution < 1.29 is 9.21 Å². The molecule has 0 aliphatic carbocycles. The van der Waals surface area contributed by atoms with Crippen LogP contribution in [0.25, 0.3) is 0 Å². The summed E-state index contributed by atoms with van der Waals surface area (Å²) in [5.41, 5.74) is 1.62. The molecule has 4 rings (SSSR count). The van der Waals surface area contributed by atoms with Gasteiger partial charge in [-0.2, -0.15) is 10.1 Å². The number of nitrogens with one attached hydrogen (secondary N) is 1. The molecule has 138 valence electrons. The number of aromatic nitrogens is 5. The summed E-state index contributed by atoms with van der Waals surface area (Å²) in [6.07, 6.45) is 2.93. The van der Waals surface area contributed by atoms with Gasteiger partial charge in [0, 0.05) is 31.8 Å². The maximum atomic E-state index is 13.2. The standard InChI is InChI=1S/C16H21N7O3/c1-9-12(10(2)23-15(21(9)3)17-8-18-23)14(24)22-6-4-11(5-7-22)13-19-20-16(25)26-13/h8,10-11H,4-7H2,1-3H3,(H,20,25). The zero-order valence-corrected chi connectivity index (χ0v) is 15.0. The molecule has 10 nitrogen and oxygen atoms in total. The minimum absolute atomic E-state index is 0.0185. The summed E-state index contributed by atoms with van der Waals surface area (Å²) in [4.78, 5) is 32.3. The molecular weight excluding hydrogens is 338 g/mol. The average Bonchev–Trinajstić information content (AvgIpc) is 3.29. The number of allylic oxidation sites excluding steroid dienone is 1. The number of carbonyl (C=O) groups is 1. The van der Waals surface area contributed by atoms with Crippen LogP contribution in [0.3, 0.4) is 0 Å². The van der Waals surface area contributed by atoms with Gasteiger partial charge in [-0.3, -0.25) is 4.79 Å². The van der Waals surface area contributed by atoms with Crippen molar-refractivity contribution >= 4 is 11.9 Å². The highest BCUT2D eigenvalue weighted by molar-refractivity contribution is 5.96. The van der Waals surface area contributed by atoms with Crippen molar-refractivity contribution in [1.29, 1.82) is 0 Å². The van der Waals surface area contributed by atoms with Gasteiger partial charge in [0.2, 0.25) is 11.8 Å². The average molecular weight is 359 g/mol. The Balaban J connectivity index is 1.51. The monoisotopic (exact) mass is 359 g/mol. The molecule has 0 saturated carbocycles. The van der Waals surface area contributed by atoms with Gasteiger partial charge in [-0.15, -0.1) is 5.10 Å². The zero-order chi connectivity index (χ0) is 18.4. The minimum atomic E-state index is -0.540. The molecule has 1 unspecified atom stereocenters. The summed E-state index contributed by atoms with van der Waals surface area (Å²) in [7, 11) is 1.89. The van der Waals surface area contributed by atoms with Crippen LogP contribution in [0.5, 0.6) is 0 Å². The Kier molecular flexibility index (Phi) is 3.89. The Hall–Kier alpha value is -2.91. The highest BCUT2D eigenvalue weighted by atomic mass is 16.4. The van der Waals surface area contributed by atoms with Crippen LogP contribution >= 0.6 is 0 Å². The number of piperidine rings is 1. The predicted molar refractivity (Wildman–Crippen MR) is 91.5 cm³/mol. The Morgan fingerprint density at radius 3 is 2.73 bits per heavy atom. The lowest BCUT2D eigenvalue weighted by atomic mass is 9.95. The zero-order valence-electron chi connectivity index (χ0n) is 15.0. The molecule has 1 fully saturated rings. The lowest BCUT2D eigenvalue weighted by molar-refractivity contribution is -0.128. The Morgan fingerprint density at radius 2 is 2.08 bits per heavy atom. The predicted octanol–water partition coefficient (Wildman–Crippen LogP) is 0.645. The van der Waals surface area contributed by atoms with Crippen LogP contribution in [-0.4, -0.2) is 55.9 Å². The summed E-state index contributed by atoms with van der Waals surface area (Å²) in [6, 6.07) is -0.168. The number of nitrogens with zero attached hydrogens (tertiary/aromatic N) is 6. The number of rotatable bonds is 2. The van der Waals surface area contributed by atoms with Gasteiger partial charge >= 0.3 is 5.76 Å².